The van der Waals surface area contributed by atoms with Gasteiger partial charge >= 0.3 is 0 Å². The maximum atomic E-state index is 4.82. The van der Waals surface area contributed by atoms with Gasteiger partial charge in [0, 0.05) is 12.5 Å². The van der Waals surface area contributed by atoms with E-state index in [4.69, 9.17) is 4.99 Å². The first-order chi connectivity index (χ1) is 5.72. The second kappa shape index (κ2) is 2.75. The first-order valence-electron chi connectivity index (χ1n) is 5.05. The van der Waals surface area contributed by atoms with Crippen molar-refractivity contribution in [3.8, 4) is 0 Å². The average molecular weight is 166 g/mol. The average Bonchev–Trinajstić information content (AvgIpc) is 2.62. The second-order valence-corrected chi connectivity index (χ2v) is 4.44. The molecule has 1 spiro atoms. The Bertz CT molecular complexity index is 200. The second-order valence-electron chi connectivity index (χ2n) is 4.44. The molecule has 1 saturated carbocycles. The lowest BCUT2D eigenvalue weighted by molar-refractivity contribution is 0.466. The highest BCUT2D eigenvalue weighted by atomic mass is 15.1. The maximum absolute atomic E-state index is 4.82. The highest BCUT2D eigenvalue weighted by Gasteiger charge is 2.37. The molecule has 0 aromatic carbocycles. The molecule has 0 bridgehead atoms. The van der Waals surface area contributed by atoms with E-state index in [9.17, 15) is 0 Å². The fourth-order valence-electron chi connectivity index (χ4n) is 2.24. The molecule has 0 unspecified atom stereocenters. The van der Waals surface area contributed by atoms with Gasteiger partial charge in [-0.05, 0) is 12.8 Å². The molecule has 1 aliphatic heterocycles. The van der Waals surface area contributed by atoms with Crippen LogP contribution in [0.3, 0.4) is 0 Å². The summed E-state index contributed by atoms with van der Waals surface area (Å²) in [6, 6.07) is 0. The number of rotatable bonds is 1. The van der Waals surface area contributed by atoms with Crippen LogP contribution in [0.2, 0.25) is 0 Å². The minimum atomic E-state index is 0.319. The molecule has 1 fully saturated rings. The van der Waals surface area contributed by atoms with Gasteiger partial charge in [-0.15, -0.1) is 0 Å². The zero-order valence-corrected chi connectivity index (χ0v) is 8.06. The summed E-state index contributed by atoms with van der Waals surface area (Å²) in [4.78, 5) is 4.82. The highest BCUT2D eigenvalue weighted by molar-refractivity contribution is 5.86. The van der Waals surface area contributed by atoms with E-state index in [0.29, 0.717) is 11.5 Å². The molecule has 2 aliphatic rings. The van der Waals surface area contributed by atoms with Gasteiger partial charge in [-0.2, -0.15) is 0 Å². The van der Waals surface area contributed by atoms with Crippen LogP contribution in [0.15, 0.2) is 4.99 Å². The first-order valence-corrected chi connectivity index (χ1v) is 5.05. The van der Waals surface area contributed by atoms with Gasteiger partial charge in [-0.3, -0.25) is 4.99 Å². The monoisotopic (exact) mass is 166 g/mol. The summed E-state index contributed by atoms with van der Waals surface area (Å²) in [5.41, 5.74) is 0.319. The van der Waals surface area contributed by atoms with Crippen LogP contribution in [0.1, 0.15) is 39.5 Å². The quantitative estimate of drug-likeness (QED) is 0.632. The third-order valence-corrected chi connectivity index (χ3v) is 3.04. The van der Waals surface area contributed by atoms with E-state index in [0.717, 1.165) is 6.54 Å². The number of nitrogens with one attached hydrogen (secondary N) is 1. The fraction of sp³-hybridized carbons (Fsp3) is 0.900. The summed E-state index contributed by atoms with van der Waals surface area (Å²) < 4.78 is 0. The molecular weight excluding hydrogens is 148 g/mol. The summed E-state index contributed by atoms with van der Waals surface area (Å²) in [5, 5.41) is 3.44. The van der Waals surface area contributed by atoms with Crippen molar-refractivity contribution in [2.45, 2.75) is 45.1 Å². The van der Waals surface area contributed by atoms with Crippen molar-refractivity contribution in [1.82, 2.24) is 5.32 Å². The third-order valence-electron chi connectivity index (χ3n) is 3.04. The van der Waals surface area contributed by atoms with Crippen molar-refractivity contribution in [1.29, 1.82) is 0 Å². The molecule has 1 heterocycles. The summed E-state index contributed by atoms with van der Waals surface area (Å²) in [5.74, 6) is 1.81. The Morgan fingerprint density at radius 1 is 1.33 bits per heavy atom. The number of aliphatic imine (C=N–C) groups is 1. The van der Waals surface area contributed by atoms with Crippen LogP contribution in [0.4, 0.5) is 0 Å². The van der Waals surface area contributed by atoms with E-state index in [1.807, 2.05) is 0 Å². The molecule has 0 radical (unpaired) electrons. The van der Waals surface area contributed by atoms with Crippen LogP contribution >= 0.6 is 0 Å². The molecule has 0 aromatic rings. The Balaban J connectivity index is 2.12. The normalized spacial score (nSPS) is 26.4. The van der Waals surface area contributed by atoms with Gasteiger partial charge in [0.05, 0.1) is 11.4 Å². The Morgan fingerprint density at radius 2 is 2.00 bits per heavy atom. The molecule has 12 heavy (non-hydrogen) atoms. The minimum absolute atomic E-state index is 0.319. The van der Waals surface area contributed by atoms with Crippen LogP contribution in [0, 0.1) is 5.92 Å². The van der Waals surface area contributed by atoms with Crippen molar-refractivity contribution in [3.05, 3.63) is 0 Å². The lowest BCUT2D eigenvalue weighted by atomic mass is 10.0. The van der Waals surface area contributed by atoms with E-state index in [1.54, 1.807) is 0 Å². The summed E-state index contributed by atoms with van der Waals surface area (Å²) in [6.45, 7) is 5.51. The van der Waals surface area contributed by atoms with Crippen LogP contribution in [-0.4, -0.2) is 17.9 Å². The van der Waals surface area contributed by atoms with Crippen molar-refractivity contribution in [2.24, 2.45) is 10.9 Å². The van der Waals surface area contributed by atoms with E-state index >= 15 is 0 Å². The standard InChI is InChI=1S/C10H18N2/c1-8(2)9-11-7-10(12-9)5-3-4-6-10/h8H,3-7H2,1-2H3,(H,11,12). The largest absolute Gasteiger partial charge is 0.371 e. The maximum Gasteiger partial charge on any atom is 0.0997 e. The molecule has 1 aliphatic carbocycles. The third kappa shape index (κ3) is 1.23. The summed E-state index contributed by atoms with van der Waals surface area (Å²) >= 11 is 0. The van der Waals surface area contributed by atoms with Crippen molar-refractivity contribution >= 4 is 5.84 Å². The smallest absolute Gasteiger partial charge is 0.0997 e. The molecule has 0 amide bonds. The minimum Gasteiger partial charge on any atom is -0.371 e. The Hall–Kier alpha value is -0.530. The topological polar surface area (TPSA) is 24.4 Å². The van der Waals surface area contributed by atoms with Crippen molar-refractivity contribution in [3.63, 3.8) is 0 Å². The molecule has 2 rings (SSSR count). The van der Waals surface area contributed by atoms with Crippen LogP contribution in [0.25, 0.3) is 0 Å². The Kier molecular flexibility index (Phi) is 1.85. The first kappa shape index (κ1) is 8.09. The fourth-order valence-corrected chi connectivity index (χ4v) is 2.24. The molecular formula is C10H18N2. The lowest BCUT2D eigenvalue weighted by Crippen LogP contribution is -2.30. The molecule has 68 valence electrons. The molecule has 0 aromatic heterocycles. The van der Waals surface area contributed by atoms with Crippen LogP contribution in [0.5, 0.6) is 0 Å². The number of nitrogens with zero attached hydrogens (tertiary/aromatic N) is 1. The van der Waals surface area contributed by atoms with E-state index in [2.05, 4.69) is 19.2 Å². The van der Waals surface area contributed by atoms with Gasteiger partial charge in [0.25, 0.3) is 0 Å². The number of hydrogen-bond acceptors (Lipinski definition) is 2. The zero-order valence-electron chi connectivity index (χ0n) is 8.06. The number of amidine groups is 1. The van der Waals surface area contributed by atoms with Crippen molar-refractivity contribution < 1.29 is 0 Å². The summed E-state index contributed by atoms with van der Waals surface area (Å²) in [6.07, 6.45) is 5.35. The summed E-state index contributed by atoms with van der Waals surface area (Å²) in [7, 11) is 0. The van der Waals surface area contributed by atoms with Gasteiger partial charge < -0.3 is 5.32 Å². The van der Waals surface area contributed by atoms with Gasteiger partial charge in [0.2, 0.25) is 0 Å². The van der Waals surface area contributed by atoms with E-state index < -0.39 is 0 Å². The number of hydrogen-bond donors (Lipinski definition) is 1. The van der Waals surface area contributed by atoms with E-state index in [1.165, 1.54) is 31.5 Å². The molecule has 0 saturated heterocycles. The Labute approximate surface area is 74.5 Å². The van der Waals surface area contributed by atoms with Gasteiger partial charge in [-0.1, -0.05) is 26.7 Å². The van der Waals surface area contributed by atoms with Crippen LogP contribution < -0.4 is 5.32 Å². The van der Waals surface area contributed by atoms with Crippen molar-refractivity contribution in [2.75, 3.05) is 6.54 Å². The van der Waals surface area contributed by atoms with Gasteiger partial charge in [0.1, 0.15) is 0 Å². The zero-order chi connectivity index (χ0) is 8.60. The molecule has 2 nitrogen and oxygen atoms in total. The molecule has 1 N–H and O–H groups in total. The lowest BCUT2D eigenvalue weighted by Gasteiger charge is -2.16. The van der Waals surface area contributed by atoms with E-state index in [-0.39, 0.29) is 0 Å². The predicted octanol–water partition coefficient (Wildman–Crippen LogP) is 1.96. The SMILES string of the molecule is CC(C)C1=NC2(CCCC2)CN1. The predicted molar refractivity (Wildman–Crippen MR) is 51.5 cm³/mol. The Morgan fingerprint density at radius 3 is 2.50 bits per heavy atom. The van der Waals surface area contributed by atoms with Gasteiger partial charge in [0.15, 0.2) is 0 Å². The van der Waals surface area contributed by atoms with Gasteiger partial charge in [-0.25, -0.2) is 0 Å². The highest BCUT2D eigenvalue weighted by Crippen LogP contribution is 2.35. The van der Waals surface area contributed by atoms with Crippen LogP contribution in [-0.2, 0) is 0 Å². The molecule has 2 heteroatoms. The molecule has 0 atom stereocenters.